The molecule has 3 N–H and O–H groups in total. The topological polar surface area (TPSA) is 130 Å². The second-order valence-corrected chi connectivity index (χ2v) is 8.50. The Labute approximate surface area is 187 Å². The smallest absolute Gasteiger partial charge is 0.410 e. The van der Waals surface area contributed by atoms with E-state index in [1.807, 2.05) is 30.3 Å². The van der Waals surface area contributed by atoms with Gasteiger partial charge in [0.25, 0.3) is 0 Å². The summed E-state index contributed by atoms with van der Waals surface area (Å²) in [6.07, 6.45) is 0.518. The molecule has 0 aliphatic carbocycles. The number of rotatable bonds is 8. The number of primary amides is 1. The van der Waals surface area contributed by atoms with Crippen molar-refractivity contribution in [3.63, 3.8) is 0 Å². The molecule has 1 aromatic rings. The number of benzene rings is 1. The van der Waals surface area contributed by atoms with Gasteiger partial charge in [-0.3, -0.25) is 19.3 Å². The van der Waals surface area contributed by atoms with Crippen LogP contribution in [0.4, 0.5) is 4.79 Å². The average Bonchev–Trinajstić information content (AvgIpc) is 3.45. The van der Waals surface area contributed by atoms with Gasteiger partial charge in [-0.25, -0.2) is 4.79 Å². The Morgan fingerprint density at radius 2 is 1.69 bits per heavy atom. The van der Waals surface area contributed by atoms with Gasteiger partial charge in [0.05, 0.1) is 18.1 Å². The number of nitrogens with zero attached hydrogens (tertiary/aromatic N) is 2. The number of nitrogens with two attached hydrogens (primary N) is 1. The number of hydrogen-bond acceptors (Lipinski definition) is 6. The van der Waals surface area contributed by atoms with Crippen molar-refractivity contribution >= 4 is 23.7 Å². The van der Waals surface area contributed by atoms with Crippen LogP contribution < -0.4 is 5.73 Å². The van der Waals surface area contributed by atoms with Crippen molar-refractivity contribution in [2.24, 2.45) is 11.7 Å². The standard InChI is InChI=1S/C23H31N3O6/c1-15(27)17(21(24)29)13-20(28)18-9-5-11-25(18)22(30)19-10-6-12-26(19)23(31)32-14-16-7-3-2-4-8-16/h2-4,7-8,15,17-19,27H,5-6,9-14H2,1H3,(H2,24,29)/t15-,17+,18+,19+/m1/s1. The van der Waals surface area contributed by atoms with Crippen LogP contribution in [0.5, 0.6) is 0 Å². The van der Waals surface area contributed by atoms with Crippen LogP contribution in [0, 0.1) is 5.92 Å². The molecule has 9 heteroatoms. The van der Waals surface area contributed by atoms with Gasteiger partial charge in [0.2, 0.25) is 11.8 Å². The van der Waals surface area contributed by atoms with E-state index in [1.54, 1.807) is 0 Å². The second kappa shape index (κ2) is 10.6. The van der Waals surface area contributed by atoms with Gasteiger partial charge in [-0.05, 0) is 38.2 Å². The first-order chi connectivity index (χ1) is 15.3. The summed E-state index contributed by atoms with van der Waals surface area (Å²) in [6.45, 7) is 2.37. The van der Waals surface area contributed by atoms with Crippen LogP contribution in [-0.2, 0) is 25.7 Å². The van der Waals surface area contributed by atoms with Gasteiger partial charge in [0, 0.05) is 19.5 Å². The van der Waals surface area contributed by atoms with Crippen LogP contribution in [-0.4, -0.2) is 69.9 Å². The minimum absolute atomic E-state index is 0.121. The summed E-state index contributed by atoms with van der Waals surface area (Å²) in [5.74, 6) is -2.30. The molecule has 174 valence electrons. The van der Waals surface area contributed by atoms with Crippen LogP contribution in [0.1, 0.15) is 44.6 Å². The van der Waals surface area contributed by atoms with E-state index in [2.05, 4.69) is 0 Å². The van der Waals surface area contributed by atoms with Crippen molar-refractivity contribution in [3.8, 4) is 0 Å². The number of ether oxygens (including phenoxy) is 1. The molecule has 4 atom stereocenters. The highest BCUT2D eigenvalue weighted by Crippen LogP contribution is 2.27. The van der Waals surface area contributed by atoms with Gasteiger partial charge in [-0.1, -0.05) is 30.3 Å². The fourth-order valence-electron chi connectivity index (χ4n) is 4.46. The number of aliphatic hydroxyl groups excluding tert-OH is 1. The van der Waals surface area contributed by atoms with E-state index in [-0.39, 0.29) is 24.7 Å². The quantitative estimate of drug-likeness (QED) is 0.619. The Morgan fingerprint density at radius 3 is 2.31 bits per heavy atom. The number of carbonyl (C=O) groups is 4. The first-order valence-electron chi connectivity index (χ1n) is 11.1. The van der Waals surface area contributed by atoms with Crippen LogP contribution in [0.25, 0.3) is 0 Å². The van der Waals surface area contributed by atoms with E-state index in [0.29, 0.717) is 38.8 Å². The number of carbonyl (C=O) groups excluding carboxylic acids is 4. The third kappa shape index (κ3) is 5.45. The van der Waals surface area contributed by atoms with Crippen molar-refractivity contribution in [2.75, 3.05) is 13.1 Å². The van der Waals surface area contributed by atoms with E-state index >= 15 is 0 Å². The molecule has 3 amide bonds. The normalized spacial score (nSPS) is 22.4. The molecule has 0 radical (unpaired) electrons. The lowest BCUT2D eigenvalue weighted by atomic mass is 9.92. The van der Waals surface area contributed by atoms with Gasteiger partial charge in [-0.2, -0.15) is 0 Å². The van der Waals surface area contributed by atoms with Crippen molar-refractivity contribution in [2.45, 2.75) is 63.8 Å². The highest BCUT2D eigenvalue weighted by Gasteiger charge is 2.43. The molecule has 2 heterocycles. The summed E-state index contributed by atoms with van der Waals surface area (Å²) in [4.78, 5) is 53.3. The molecule has 0 spiro atoms. The van der Waals surface area contributed by atoms with Crippen LogP contribution >= 0.6 is 0 Å². The van der Waals surface area contributed by atoms with Gasteiger partial charge < -0.3 is 20.5 Å². The zero-order chi connectivity index (χ0) is 23.3. The summed E-state index contributed by atoms with van der Waals surface area (Å²) in [5.41, 5.74) is 6.17. The summed E-state index contributed by atoms with van der Waals surface area (Å²) in [5, 5.41) is 9.76. The SMILES string of the molecule is C[C@@H](O)[C@H](CC(=O)[C@@H]1CCCN1C(=O)[C@@H]1CCCN1C(=O)OCc1ccccc1)C(N)=O. The van der Waals surface area contributed by atoms with Crippen molar-refractivity contribution in [1.29, 1.82) is 0 Å². The first kappa shape index (κ1) is 23.7. The van der Waals surface area contributed by atoms with Gasteiger partial charge >= 0.3 is 6.09 Å². The molecule has 2 fully saturated rings. The minimum Gasteiger partial charge on any atom is -0.445 e. The summed E-state index contributed by atoms with van der Waals surface area (Å²) in [7, 11) is 0. The molecular formula is C23H31N3O6. The number of amides is 3. The predicted molar refractivity (Wildman–Crippen MR) is 115 cm³/mol. The van der Waals surface area contributed by atoms with E-state index < -0.39 is 36.1 Å². The van der Waals surface area contributed by atoms with E-state index in [1.165, 1.54) is 16.7 Å². The Morgan fingerprint density at radius 1 is 1.06 bits per heavy atom. The Bertz CT molecular complexity index is 843. The molecule has 2 saturated heterocycles. The molecular weight excluding hydrogens is 414 g/mol. The van der Waals surface area contributed by atoms with E-state index in [0.717, 1.165) is 5.56 Å². The lowest BCUT2D eigenvalue weighted by Gasteiger charge is -2.31. The lowest BCUT2D eigenvalue weighted by molar-refractivity contribution is -0.142. The number of Topliss-reactive ketones (excluding diaryl/α,β-unsaturated/α-hetero) is 1. The zero-order valence-electron chi connectivity index (χ0n) is 18.3. The molecule has 3 rings (SSSR count). The third-order valence-electron chi connectivity index (χ3n) is 6.25. The maximum Gasteiger partial charge on any atom is 0.410 e. The fourth-order valence-corrected chi connectivity index (χ4v) is 4.46. The van der Waals surface area contributed by atoms with Crippen LogP contribution in [0.15, 0.2) is 30.3 Å². The van der Waals surface area contributed by atoms with Crippen molar-refractivity contribution in [3.05, 3.63) is 35.9 Å². The van der Waals surface area contributed by atoms with E-state index in [9.17, 15) is 24.3 Å². The van der Waals surface area contributed by atoms with Gasteiger partial charge in [-0.15, -0.1) is 0 Å². The van der Waals surface area contributed by atoms with Crippen LogP contribution in [0.2, 0.25) is 0 Å². The molecule has 0 bridgehead atoms. The summed E-state index contributed by atoms with van der Waals surface area (Å²) >= 11 is 0. The average molecular weight is 446 g/mol. The molecule has 1 aromatic carbocycles. The fraction of sp³-hybridized carbons (Fsp3) is 0.565. The molecule has 0 unspecified atom stereocenters. The largest absolute Gasteiger partial charge is 0.445 e. The minimum atomic E-state index is -1.05. The number of likely N-dealkylation sites (tertiary alicyclic amines) is 2. The third-order valence-corrected chi connectivity index (χ3v) is 6.25. The number of hydrogen-bond donors (Lipinski definition) is 2. The van der Waals surface area contributed by atoms with Gasteiger partial charge in [0.1, 0.15) is 12.6 Å². The number of ketones is 1. The Hall–Kier alpha value is -2.94. The van der Waals surface area contributed by atoms with Gasteiger partial charge in [0.15, 0.2) is 5.78 Å². The van der Waals surface area contributed by atoms with Crippen LogP contribution in [0.3, 0.4) is 0 Å². The first-order valence-corrected chi connectivity index (χ1v) is 11.1. The predicted octanol–water partition coefficient (Wildman–Crippen LogP) is 1.22. The zero-order valence-corrected chi connectivity index (χ0v) is 18.3. The Kier molecular flexibility index (Phi) is 7.84. The molecule has 2 aliphatic heterocycles. The summed E-state index contributed by atoms with van der Waals surface area (Å²) < 4.78 is 5.40. The number of aliphatic hydroxyl groups is 1. The van der Waals surface area contributed by atoms with Crippen molar-refractivity contribution in [1.82, 2.24) is 9.80 Å². The monoisotopic (exact) mass is 445 g/mol. The summed E-state index contributed by atoms with van der Waals surface area (Å²) in [6, 6.07) is 7.95. The highest BCUT2D eigenvalue weighted by atomic mass is 16.6. The van der Waals surface area contributed by atoms with E-state index in [4.69, 9.17) is 10.5 Å². The molecule has 0 saturated carbocycles. The Balaban J connectivity index is 1.63. The lowest BCUT2D eigenvalue weighted by Crippen LogP contribution is -2.51. The molecule has 2 aliphatic rings. The molecule has 0 aromatic heterocycles. The molecule has 32 heavy (non-hydrogen) atoms. The second-order valence-electron chi connectivity index (χ2n) is 8.50. The maximum absolute atomic E-state index is 13.3. The van der Waals surface area contributed by atoms with Crippen molar-refractivity contribution < 1.29 is 29.0 Å². The highest BCUT2D eigenvalue weighted by molar-refractivity contribution is 5.94. The molecule has 9 nitrogen and oxygen atoms in total. The maximum atomic E-state index is 13.3.